The molecule has 0 saturated heterocycles. The molecule has 3 nitrogen and oxygen atoms in total. The lowest BCUT2D eigenvalue weighted by Gasteiger charge is -2.23. The highest BCUT2D eigenvalue weighted by Crippen LogP contribution is 2.08. The van der Waals surface area contributed by atoms with Gasteiger partial charge in [0.1, 0.15) is 0 Å². The van der Waals surface area contributed by atoms with Crippen molar-refractivity contribution in [3.8, 4) is 0 Å². The minimum absolute atomic E-state index is 1.04. The second-order valence-electron chi connectivity index (χ2n) is 2.82. The largest absolute Gasteiger partial charge is 0.332 e. The SMILES string of the molecule is CC.CN1CCn2cncc2C1. The van der Waals surface area contributed by atoms with Gasteiger partial charge in [-0.25, -0.2) is 4.98 Å². The van der Waals surface area contributed by atoms with Crippen LogP contribution in [0.25, 0.3) is 0 Å². The lowest BCUT2D eigenvalue weighted by atomic mass is 10.3. The number of likely N-dealkylation sites (N-methyl/N-ethyl adjacent to an activating group) is 1. The molecule has 0 bridgehead atoms. The molecule has 0 aromatic carbocycles. The molecule has 12 heavy (non-hydrogen) atoms. The van der Waals surface area contributed by atoms with Gasteiger partial charge in [-0.15, -0.1) is 0 Å². The van der Waals surface area contributed by atoms with Gasteiger partial charge < -0.3 is 4.57 Å². The third-order valence-corrected chi connectivity index (χ3v) is 1.95. The fourth-order valence-electron chi connectivity index (χ4n) is 1.32. The van der Waals surface area contributed by atoms with E-state index in [0.717, 1.165) is 19.6 Å². The van der Waals surface area contributed by atoms with Crippen molar-refractivity contribution in [2.24, 2.45) is 0 Å². The number of imidazole rings is 1. The number of rotatable bonds is 0. The van der Waals surface area contributed by atoms with Crippen LogP contribution in [0.5, 0.6) is 0 Å². The predicted octanol–water partition coefficient (Wildman–Crippen LogP) is 1.35. The Morgan fingerprint density at radius 2 is 2.08 bits per heavy atom. The number of nitrogens with zero attached hydrogens (tertiary/aromatic N) is 3. The van der Waals surface area contributed by atoms with E-state index in [-0.39, 0.29) is 0 Å². The zero-order valence-electron chi connectivity index (χ0n) is 8.12. The highest BCUT2D eigenvalue weighted by Gasteiger charge is 2.10. The molecule has 2 rings (SSSR count). The van der Waals surface area contributed by atoms with E-state index >= 15 is 0 Å². The molecule has 0 saturated carbocycles. The van der Waals surface area contributed by atoms with Gasteiger partial charge in [0.05, 0.1) is 12.0 Å². The van der Waals surface area contributed by atoms with Gasteiger partial charge >= 0.3 is 0 Å². The summed E-state index contributed by atoms with van der Waals surface area (Å²) < 4.78 is 2.21. The van der Waals surface area contributed by atoms with Crippen LogP contribution in [-0.4, -0.2) is 28.0 Å². The molecule has 1 aromatic rings. The average molecular weight is 167 g/mol. The highest BCUT2D eigenvalue weighted by atomic mass is 15.2. The van der Waals surface area contributed by atoms with Gasteiger partial charge in [0, 0.05) is 25.8 Å². The van der Waals surface area contributed by atoms with Crippen molar-refractivity contribution >= 4 is 0 Å². The lowest BCUT2D eigenvalue weighted by Crippen LogP contribution is -2.29. The topological polar surface area (TPSA) is 21.1 Å². The highest BCUT2D eigenvalue weighted by molar-refractivity contribution is 5.00. The Balaban J connectivity index is 0.000000336. The number of hydrogen-bond acceptors (Lipinski definition) is 2. The van der Waals surface area contributed by atoms with Crippen molar-refractivity contribution < 1.29 is 0 Å². The summed E-state index contributed by atoms with van der Waals surface area (Å²) in [5, 5.41) is 0. The van der Waals surface area contributed by atoms with E-state index < -0.39 is 0 Å². The van der Waals surface area contributed by atoms with Gasteiger partial charge in [-0.1, -0.05) is 13.8 Å². The molecule has 3 heteroatoms. The van der Waals surface area contributed by atoms with E-state index in [1.807, 2.05) is 26.4 Å². The first-order chi connectivity index (χ1) is 5.86. The minimum Gasteiger partial charge on any atom is -0.332 e. The molecule has 0 aliphatic carbocycles. The summed E-state index contributed by atoms with van der Waals surface area (Å²) in [6, 6.07) is 0. The third-order valence-electron chi connectivity index (χ3n) is 1.95. The predicted molar refractivity (Wildman–Crippen MR) is 49.9 cm³/mol. The molecule has 2 heterocycles. The van der Waals surface area contributed by atoms with E-state index in [0.29, 0.717) is 0 Å². The summed E-state index contributed by atoms with van der Waals surface area (Å²) >= 11 is 0. The Kier molecular flexibility index (Phi) is 3.29. The lowest BCUT2D eigenvalue weighted by molar-refractivity contribution is 0.270. The normalized spacial score (nSPS) is 16.2. The molecule has 68 valence electrons. The Hall–Kier alpha value is -0.830. The minimum atomic E-state index is 1.04. The quantitative estimate of drug-likeness (QED) is 0.581. The van der Waals surface area contributed by atoms with Crippen LogP contribution in [0, 0.1) is 0 Å². The van der Waals surface area contributed by atoms with Crippen LogP contribution in [0.2, 0.25) is 0 Å². The van der Waals surface area contributed by atoms with Gasteiger partial charge in [-0.2, -0.15) is 0 Å². The Morgan fingerprint density at radius 1 is 1.33 bits per heavy atom. The van der Waals surface area contributed by atoms with E-state index in [9.17, 15) is 0 Å². The van der Waals surface area contributed by atoms with Crippen LogP contribution in [0.1, 0.15) is 19.5 Å². The van der Waals surface area contributed by atoms with Crippen molar-refractivity contribution in [1.82, 2.24) is 14.5 Å². The zero-order chi connectivity index (χ0) is 8.97. The first-order valence-electron chi connectivity index (χ1n) is 4.54. The summed E-state index contributed by atoms with van der Waals surface area (Å²) in [4.78, 5) is 6.38. The summed E-state index contributed by atoms with van der Waals surface area (Å²) in [5.41, 5.74) is 1.33. The zero-order valence-corrected chi connectivity index (χ0v) is 8.12. The summed E-state index contributed by atoms with van der Waals surface area (Å²) in [7, 11) is 2.14. The van der Waals surface area contributed by atoms with E-state index in [1.165, 1.54) is 5.69 Å². The molecular weight excluding hydrogens is 150 g/mol. The molecule has 0 fully saturated rings. The molecule has 1 aliphatic heterocycles. The van der Waals surface area contributed by atoms with E-state index in [1.54, 1.807) is 0 Å². The fraction of sp³-hybridized carbons (Fsp3) is 0.667. The second-order valence-corrected chi connectivity index (χ2v) is 2.82. The Bertz CT molecular complexity index is 229. The van der Waals surface area contributed by atoms with Crippen LogP contribution in [0.15, 0.2) is 12.5 Å². The first kappa shape index (κ1) is 9.26. The number of aromatic nitrogens is 2. The first-order valence-corrected chi connectivity index (χ1v) is 4.54. The van der Waals surface area contributed by atoms with Crippen LogP contribution in [-0.2, 0) is 13.1 Å². The standard InChI is InChI=1S/C7H11N3.C2H6/c1-9-2-3-10-6-8-4-7(10)5-9;1-2/h4,6H,2-3,5H2,1H3;1-2H3. The molecule has 0 atom stereocenters. The maximum atomic E-state index is 4.07. The molecular formula is C9H17N3. The molecule has 0 spiro atoms. The van der Waals surface area contributed by atoms with E-state index in [4.69, 9.17) is 0 Å². The van der Waals surface area contributed by atoms with Crippen molar-refractivity contribution in [2.45, 2.75) is 26.9 Å². The van der Waals surface area contributed by atoms with Gasteiger partial charge in [0.15, 0.2) is 0 Å². The molecule has 0 amide bonds. The summed E-state index contributed by atoms with van der Waals surface area (Å²) in [6.07, 6.45) is 3.85. The molecule has 0 N–H and O–H groups in total. The molecule has 0 radical (unpaired) electrons. The Labute approximate surface area is 74.0 Å². The molecule has 1 aromatic heterocycles. The third kappa shape index (κ3) is 1.85. The van der Waals surface area contributed by atoms with Gasteiger partial charge in [-0.3, -0.25) is 4.90 Å². The van der Waals surface area contributed by atoms with E-state index in [2.05, 4.69) is 21.5 Å². The fourth-order valence-corrected chi connectivity index (χ4v) is 1.32. The van der Waals surface area contributed by atoms with Gasteiger partial charge in [0.2, 0.25) is 0 Å². The van der Waals surface area contributed by atoms with Crippen LogP contribution in [0.3, 0.4) is 0 Å². The smallest absolute Gasteiger partial charge is 0.0949 e. The van der Waals surface area contributed by atoms with Crippen molar-refractivity contribution in [2.75, 3.05) is 13.6 Å². The average Bonchev–Trinajstić information content (AvgIpc) is 2.54. The Morgan fingerprint density at radius 3 is 2.83 bits per heavy atom. The van der Waals surface area contributed by atoms with Crippen molar-refractivity contribution in [3.63, 3.8) is 0 Å². The number of hydrogen-bond donors (Lipinski definition) is 0. The van der Waals surface area contributed by atoms with Crippen molar-refractivity contribution in [3.05, 3.63) is 18.2 Å². The van der Waals surface area contributed by atoms with Crippen LogP contribution >= 0.6 is 0 Å². The van der Waals surface area contributed by atoms with Crippen LogP contribution < -0.4 is 0 Å². The van der Waals surface area contributed by atoms with Gasteiger partial charge in [-0.05, 0) is 7.05 Å². The monoisotopic (exact) mass is 167 g/mol. The molecule has 0 unspecified atom stereocenters. The second kappa shape index (κ2) is 4.26. The maximum Gasteiger partial charge on any atom is 0.0949 e. The van der Waals surface area contributed by atoms with Crippen LogP contribution in [0.4, 0.5) is 0 Å². The van der Waals surface area contributed by atoms with Crippen molar-refractivity contribution in [1.29, 1.82) is 0 Å². The summed E-state index contributed by atoms with van der Waals surface area (Å²) in [5.74, 6) is 0. The summed E-state index contributed by atoms with van der Waals surface area (Å²) in [6.45, 7) is 7.27. The maximum absolute atomic E-state index is 4.07. The molecule has 1 aliphatic rings. The number of fused-ring (bicyclic) bond motifs is 1. The van der Waals surface area contributed by atoms with Gasteiger partial charge in [0.25, 0.3) is 0 Å².